The van der Waals surface area contributed by atoms with Crippen LogP contribution < -0.4 is 11.1 Å². The number of halogens is 1. The van der Waals surface area contributed by atoms with Gasteiger partial charge in [0.05, 0.1) is 47.1 Å². The zero-order valence-electron chi connectivity index (χ0n) is 19.9. The van der Waals surface area contributed by atoms with Crippen LogP contribution in [0.15, 0.2) is 24.4 Å². The number of fused-ring (bicyclic) bond motifs is 5. The zero-order chi connectivity index (χ0) is 24.8. The van der Waals surface area contributed by atoms with E-state index in [1.165, 1.54) is 0 Å². The predicted molar refractivity (Wildman–Crippen MR) is 136 cm³/mol. The summed E-state index contributed by atoms with van der Waals surface area (Å²) in [5.74, 6) is 0.737. The molecule has 3 N–H and O–H groups in total. The van der Waals surface area contributed by atoms with Gasteiger partial charge in [0, 0.05) is 17.5 Å². The first-order chi connectivity index (χ1) is 17.4. The molecule has 0 bridgehead atoms. The summed E-state index contributed by atoms with van der Waals surface area (Å²) in [7, 11) is 0. The Bertz CT molecular complexity index is 1480. The average Bonchev–Trinajstić information content (AvgIpc) is 3.43. The van der Waals surface area contributed by atoms with Gasteiger partial charge in [-0.05, 0) is 60.4 Å². The number of carbonyl (C=O) groups excluding carboxylic acids is 2. The molecular formula is C27H26ClN5O3. The summed E-state index contributed by atoms with van der Waals surface area (Å²) >= 11 is 6.66. The maximum Gasteiger partial charge on any atom is 0.272 e. The van der Waals surface area contributed by atoms with Crippen molar-refractivity contribution in [2.45, 2.75) is 57.3 Å². The van der Waals surface area contributed by atoms with Crippen molar-refractivity contribution in [1.29, 1.82) is 0 Å². The lowest BCUT2D eigenvalue weighted by atomic mass is 9.87. The van der Waals surface area contributed by atoms with Gasteiger partial charge in [-0.25, -0.2) is 9.97 Å². The van der Waals surface area contributed by atoms with Crippen molar-refractivity contribution in [2.75, 3.05) is 17.6 Å². The van der Waals surface area contributed by atoms with E-state index in [9.17, 15) is 9.59 Å². The third-order valence-corrected chi connectivity index (χ3v) is 8.65. The van der Waals surface area contributed by atoms with E-state index < -0.39 is 5.41 Å². The molecule has 3 aromatic rings. The number of aromatic nitrogens is 2. The fourth-order valence-corrected chi connectivity index (χ4v) is 6.44. The standard InChI is InChI=1S/C27H26ClN5O3/c1-13-2-3-22(14-6-18-23(19(28)7-14)32-26(35)27(18)4-5-27)33(10-13)25(34)20-8-15-16-11-36-12-17(16)24(29)31-21(15)9-30-20/h6-9,13,22H,2-5,10-12H2,1H3,(H2,29,31)(H,32,35). The maximum absolute atomic E-state index is 13.9. The number of pyridine rings is 2. The Kier molecular flexibility index (Phi) is 4.67. The van der Waals surface area contributed by atoms with Crippen molar-refractivity contribution in [3.63, 3.8) is 0 Å². The van der Waals surface area contributed by atoms with Crippen LogP contribution in [-0.4, -0.2) is 33.2 Å². The molecule has 7 rings (SSSR count). The van der Waals surface area contributed by atoms with E-state index in [4.69, 9.17) is 22.1 Å². The van der Waals surface area contributed by atoms with Gasteiger partial charge in [-0.1, -0.05) is 24.6 Å². The Balaban J connectivity index is 1.28. The number of rotatable bonds is 2. The second kappa shape index (κ2) is 7.63. The zero-order valence-corrected chi connectivity index (χ0v) is 20.7. The topological polar surface area (TPSA) is 110 Å². The van der Waals surface area contributed by atoms with Gasteiger partial charge < -0.3 is 20.7 Å². The molecule has 2 amide bonds. The van der Waals surface area contributed by atoms with Crippen molar-refractivity contribution < 1.29 is 14.3 Å². The van der Waals surface area contributed by atoms with E-state index in [0.29, 0.717) is 47.7 Å². The summed E-state index contributed by atoms with van der Waals surface area (Å²) in [6.07, 6.45) is 5.13. The number of anilines is 2. The number of ether oxygens (including phenoxy) is 1. The highest BCUT2D eigenvalue weighted by Crippen LogP contribution is 2.57. The third-order valence-electron chi connectivity index (χ3n) is 8.35. The highest BCUT2D eigenvalue weighted by Gasteiger charge is 2.57. The molecular weight excluding hydrogens is 478 g/mol. The van der Waals surface area contributed by atoms with Crippen molar-refractivity contribution in [1.82, 2.24) is 14.9 Å². The molecule has 8 nitrogen and oxygen atoms in total. The summed E-state index contributed by atoms with van der Waals surface area (Å²) in [5.41, 5.74) is 11.3. The normalized spacial score (nSPS) is 23.6. The minimum Gasteiger partial charge on any atom is -0.383 e. The van der Waals surface area contributed by atoms with Crippen LogP contribution in [0.2, 0.25) is 5.02 Å². The molecule has 1 saturated heterocycles. The molecule has 3 aliphatic heterocycles. The number of piperidine rings is 1. The minimum atomic E-state index is -0.441. The Morgan fingerprint density at radius 3 is 2.83 bits per heavy atom. The second-order valence-electron chi connectivity index (χ2n) is 10.7. The van der Waals surface area contributed by atoms with E-state index in [2.05, 4.69) is 28.3 Å². The summed E-state index contributed by atoms with van der Waals surface area (Å²) < 4.78 is 5.61. The first-order valence-electron chi connectivity index (χ1n) is 12.5. The van der Waals surface area contributed by atoms with Gasteiger partial charge in [0.25, 0.3) is 5.91 Å². The van der Waals surface area contributed by atoms with E-state index in [-0.39, 0.29) is 17.9 Å². The minimum absolute atomic E-state index is 0.0351. The average molecular weight is 504 g/mol. The van der Waals surface area contributed by atoms with E-state index in [0.717, 1.165) is 59.0 Å². The lowest BCUT2D eigenvalue weighted by Crippen LogP contribution is -2.42. The molecule has 1 aromatic carbocycles. The maximum atomic E-state index is 13.9. The molecule has 9 heteroatoms. The van der Waals surface area contributed by atoms with Crippen molar-refractivity contribution in [3.8, 4) is 0 Å². The molecule has 5 heterocycles. The number of benzene rings is 1. The molecule has 1 saturated carbocycles. The first kappa shape index (κ1) is 22.0. The van der Waals surface area contributed by atoms with Gasteiger partial charge in [0.2, 0.25) is 5.91 Å². The van der Waals surface area contributed by atoms with Crippen LogP contribution >= 0.6 is 11.6 Å². The Morgan fingerprint density at radius 1 is 1.22 bits per heavy atom. The van der Waals surface area contributed by atoms with E-state index in [1.54, 1.807) is 6.20 Å². The number of nitrogens with one attached hydrogen (secondary N) is 1. The molecule has 2 fully saturated rings. The van der Waals surface area contributed by atoms with E-state index >= 15 is 0 Å². The highest BCUT2D eigenvalue weighted by atomic mass is 35.5. The van der Waals surface area contributed by atoms with Crippen molar-refractivity contribution >= 4 is 45.8 Å². The largest absolute Gasteiger partial charge is 0.383 e. The smallest absolute Gasteiger partial charge is 0.272 e. The number of hydrogen-bond donors (Lipinski definition) is 2. The van der Waals surface area contributed by atoms with Crippen LogP contribution in [0, 0.1) is 5.92 Å². The summed E-state index contributed by atoms with van der Waals surface area (Å²) in [5, 5.41) is 4.37. The molecule has 184 valence electrons. The lowest BCUT2D eigenvalue weighted by molar-refractivity contribution is -0.117. The fraction of sp³-hybridized carbons (Fsp3) is 0.407. The lowest BCUT2D eigenvalue weighted by Gasteiger charge is -2.39. The van der Waals surface area contributed by atoms with Crippen molar-refractivity contribution in [3.05, 3.63) is 57.4 Å². The highest BCUT2D eigenvalue weighted by molar-refractivity contribution is 6.35. The number of nitrogen functional groups attached to an aromatic ring is 1. The number of amides is 2. The first-order valence-corrected chi connectivity index (χ1v) is 12.8. The van der Waals surface area contributed by atoms with Gasteiger partial charge in [-0.3, -0.25) is 9.59 Å². The van der Waals surface area contributed by atoms with Gasteiger partial charge in [0.15, 0.2) is 0 Å². The predicted octanol–water partition coefficient (Wildman–Crippen LogP) is 4.49. The quantitative estimate of drug-likeness (QED) is 0.533. The number of hydrogen-bond acceptors (Lipinski definition) is 6. The van der Waals surface area contributed by atoms with Crippen LogP contribution in [0.4, 0.5) is 11.5 Å². The number of nitrogens with two attached hydrogens (primary N) is 1. The summed E-state index contributed by atoms with van der Waals surface area (Å²) in [6.45, 7) is 3.67. The van der Waals surface area contributed by atoms with Crippen LogP contribution in [0.1, 0.15) is 71.4 Å². The SMILES string of the molecule is CC1CCC(c2cc(Cl)c3c(c2)C2(CC2)C(=O)N3)N(C(=O)c2cc3c4c(c(N)nc3cn2)COC4)C1. The van der Waals surface area contributed by atoms with Crippen molar-refractivity contribution in [2.24, 2.45) is 5.92 Å². The second-order valence-corrected chi connectivity index (χ2v) is 11.1. The molecule has 1 aliphatic carbocycles. The van der Waals surface area contributed by atoms with Crippen LogP contribution in [0.3, 0.4) is 0 Å². The number of carbonyl (C=O) groups is 2. The third kappa shape index (κ3) is 3.10. The molecule has 4 aliphatic rings. The molecule has 2 unspecified atom stereocenters. The fourth-order valence-electron chi connectivity index (χ4n) is 6.16. The molecule has 2 aromatic heterocycles. The van der Waals surface area contributed by atoms with Gasteiger partial charge >= 0.3 is 0 Å². The van der Waals surface area contributed by atoms with E-state index in [1.807, 2.05) is 17.0 Å². The number of likely N-dealkylation sites (tertiary alicyclic amines) is 1. The Hall–Kier alpha value is -3.23. The number of nitrogens with zero attached hydrogens (tertiary/aromatic N) is 3. The van der Waals surface area contributed by atoms with Gasteiger partial charge in [-0.2, -0.15) is 0 Å². The van der Waals surface area contributed by atoms with Crippen LogP contribution in [0.5, 0.6) is 0 Å². The van der Waals surface area contributed by atoms with Crippen LogP contribution in [-0.2, 0) is 28.2 Å². The van der Waals surface area contributed by atoms with Crippen LogP contribution in [0.25, 0.3) is 10.9 Å². The summed E-state index contributed by atoms with van der Waals surface area (Å²) in [6, 6.07) is 5.69. The molecule has 36 heavy (non-hydrogen) atoms. The molecule has 0 radical (unpaired) electrons. The van der Waals surface area contributed by atoms with Gasteiger partial charge in [0.1, 0.15) is 11.5 Å². The monoisotopic (exact) mass is 503 g/mol. The molecule has 2 atom stereocenters. The Morgan fingerprint density at radius 2 is 2.03 bits per heavy atom. The summed E-state index contributed by atoms with van der Waals surface area (Å²) in [4.78, 5) is 37.4. The Labute approximate surface area is 213 Å². The molecule has 1 spiro atoms. The van der Waals surface area contributed by atoms with Gasteiger partial charge in [-0.15, -0.1) is 0 Å².